The number of hydrogen-bond acceptors (Lipinski definition) is 7. The molecule has 0 saturated heterocycles. The first-order valence-electron chi connectivity index (χ1n) is 9.48. The minimum Gasteiger partial charge on any atom is -0.451 e. The van der Waals surface area contributed by atoms with E-state index in [9.17, 15) is 14.4 Å². The number of aromatic nitrogens is 1. The number of primary amides is 1. The van der Waals surface area contributed by atoms with E-state index < -0.39 is 24.4 Å². The summed E-state index contributed by atoms with van der Waals surface area (Å²) in [7, 11) is 0. The van der Waals surface area contributed by atoms with Crippen LogP contribution in [-0.4, -0.2) is 29.4 Å². The predicted molar refractivity (Wildman–Crippen MR) is 121 cm³/mol. The number of aryl methyl sites for hydroxylation is 2. The highest BCUT2D eigenvalue weighted by Crippen LogP contribution is 2.38. The minimum absolute atomic E-state index is 0.325. The maximum atomic E-state index is 12.5. The number of thiophene rings is 1. The van der Waals surface area contributed by atoms with E-state index in [1.165, 1.54) is 22.7 Å². The van der Waals surface area contributed by atoms with Crippen molar-refractivity contribution in [3.05, 3.63) is 55.9 Å². The van der Waals surface area contributed by atoms with Gasteiger partial charge in [0.25, 0.3) is 11.8 Å². The number of amides is 2. The van der Waals surface area contributed by atoms with Crippen LogP contribution in [0.25, 0.3) is 10.6 Å². The van der Waals surface area contributed by atoms with Gasteiger partial charge in [-0.2, -0.15) is 0 Å². The number of rotatable bonds is 6. The molecule has 0 radical (unpaired) electrons. The highest BCUT2D eigenvalue weighted by Gasteiger charge is 2.26. The summed E-state index contributed by atoms with van der Waals surface area (Å²) in [6, 6.07) is 7.13. The molecule has 3 aromatic rings. The molecule has 0 spiro atoms. The quantitative estimate of drug-likeness (QED) is 0.518. The summed E-state index contributed by atoms with van der Waals surface area (Å²) in [4.78, 5) is 42.5. The third-order valence-corrected chi connectivity index (χ3v) is 7.47. The van der Waals surface area contributed by atoms with E-state index in [2.05, 4.69) is 10.3 Å². The third kappa shape index (κ3) is 4.48. The average molecular weight is 476 g/mol. The van der Waals surface area contributed by atoms with E-state index in [0.29, 0.717) is 31.2 Å². The maximum absolute atomic E-state index is 12.5. The zero-order chi connectivity index (χ0) is 22.1. The van der Waals surface area contributed by atoms with Crippen LogP contribution in [0.15, 0.2) is 24.3 Å². The molecule has 0 atom stereocenters. The summed E-state index contributed by atoms with van der Waals surface area (Å²) in [6.07, 6.45) is 2.61. The molecule has 10 heteroatoms. The van der Waals surface area contributed by atoms with Crippen LogP contribution in [0.3, 0.4) is 0 Å². The summed E-state index contributed by atoms with van der Waals surface area (Å²) < 4.78 is 5.18. The summed E-state index contributed by atoms with van der Waals surface area (Å²) >= 11 is 8.44. The monoisotopic (exact) mass is 475 g/mol. The first-order chi connectivity index (χ1) is 14.8. The molecule has 7 nitrogen and oxygen atoms in total. The molecule has 1 aromatic carbocycles. The Hall–Kier alpha value is -2.75. The van der Waals surface area contributed by atoms with Gasteiger partial charge in [-0.15, -0.1) is 22.7 Å². The van der Waals surface area contributed by atoms with Gasteiger partial charge in [-0.25, -0.2) is 9.78 Å². The first kappa shape index (κ1) is 21.5. The fraction of sp³-hybridized carbons (Fsp3) is 0.238. The van der Waals surface area contributed by atoms with Gasteiger partial charge in [0.15, 0.2) is 6.61 Å². The maximum Gasteiger partial charge on any atom is 0.350 e. The Morgan fingerprint density at radius 2 is 1.94 bits per heavy atom. The summed E-state index contributed by atoms with van der Waals surface area (Å²) in [5.74, 6) is -1.73. The van der Waals surface area contributed by atoms with Crippen LogP contribution in [0.2, 0.25) is 5.02 Å². The van der Waals surface area contributed by atoms with Gasteiger partial charge >= 0.3 is 5.97 Å². The number of esters is 1. The summed E-state index contributed by atoms with van der Waals surface area (Å²) in [5, 5.41) is 4.34. The normalized spacial score (nSPS) is 12.5. The van der Waals surface area contributed by atoms with Gasteiger partial charge in [0.05, 0.1) is 11.3 Å². The van der Waals surface area contributed by atoms with Crippen molar-refractivity contribution in [3.63, 3.8) is 0 Å². The molecule has 2 aromatic heterocycles. The van der Waals surface area contributed by atoms with Crippen molar-refractivity contribution in [2.45, 2.75) is 26.2 Å². The molecule has 1 aliphatic carbocycles. The lowest BCUT2D eigenvalue weighted by Crippen LogP contribution is -2.22. The Labute approximate surface area is 191 Å². The van der Waals surface area contributed by atoms with Crippen molar-refractivity contribution in [3.8, 4) is 10.6 Å². The molecule has 0 aliphatic heterocycles. The summed E-state index contributed by atoms with van der Waals surface area (Å²) in [6.45, 7) is 1.23. The lowest BCUT2D eigenvalue weighted by atomic mass is 10.1. The van der Waals surface area contributed by atoms with Crippen LogP contribution in [-0.2, 0) is 22.4 Å². The molecule has 3 N–H and O–H groups in total. The van der Waals surface area contributed by atoms with Gasteiger partial charge in [0.1, 0.15) is 14.9 Å². The lowest BCUT2D eigenvalue weighted by molar-refractivity contribution is -0.119. The molecule has 160 valence electrons. The molecule has 31 heavy (non-hydrogen) atoms. The molecular weight excluding hydrogens is 458 g/mol. The number of benzene rings is 1. The zero-order valence-corrected chi connectivity index (χ0v) is 18.9. The third-order valence-electron chi connectivity index (χ3n) is 4.83. The highest BCUT2D eigenvalue weighted by molar-refractivity contribution is 7.17. The molecule has 4 rings (SSSR count). The highest BCUT2D eigenvalue weighted by atomic mass is 35.5. The number of nitrogens with two attached hydrogens (primary N) is 1. The SMILES string of the molecule is Cc1nc(-c2ccc(Cl)cc2)sc1C(=O)OCC(=O)Nc1sc2c(c1C(N)=O)CCC2. The Balaban J connectivity index is 1.41. The second-order valence-electron chi connectivity index (χ2n) is 6.99. The Morgan fingerprint density at radius 1 is 1.19 bits per heavy atom. The number of hydrogen-bond donors (Lipinski definition) is 2. The molecule has 0 unspecified atom stereocenters. The number of nitrogens with one attached hydrogen (secondary N) is 1. The molecule has 1 aliphatic rings. The van der Waals surface area contributed by atoms with Crippen molar-refractivity contribution in [2.24, 2.45) is 5.73 Å². The number of thiazole rings is 1. The average Bonchev–Trinajstić information content (AvgIpc) is 3.40. The van der Waals surface area contributed by atoms with E-state index in [1.807, 2.05) is 12.1 Å². The number of ether oxygens (including phenoxy) is 1. The van der Waals surface area contributed by atoms with E-state index in [0.717, 1.165) is 35.3 Å². The molecule has 2 amide bonds. The van der Waals surface area contributed by atoms with E-state index >= 15 is 0 Å². The van der Waals surface area contributed by atoms with Gasteiger partial charge in [-0.1, -0.05) is 23.7 Å². The minimum atomic E-state index is -0.630. The first-order valence-corrected chi connectivity index (χ1v) is 11.5. The largest absolute Gasteiger partial charge is 0.451 e. The van der Waals surface area contributed by atoms with Gasteiger partial charge in [0.2, 0.25) is 0 Å². The number of carbonyl (C=O) groups is 3. The van der Waals surface area contributed by atoms with Gasteiger partial charge in [0, 0.05) is 15.5 Å². The fourth-order valence-corrected chi connectivity index (χ4v) is 5.82. The molecule has 0 bridgehead atoms. The van der Waals surface area contributed by atoms with Crippen molar-refractivity contribution in [1.29, 1.82) is 0 Å². The second-order valence-corrected chi connectivity index (χ2v) is 9.53. The van der Waals surface area contributed by atoms with Crippen LogP contribution < -0.4 is 11.1 Å². The van der Waals surface area contributed by atoms with Gasteiger partial charge in [-0.05, 0) is 43.9 Å². The molecular formula is C21H18ClN3O4S2. The molecule has 0 saturated carbocycles. The number of anilines is 1. The van der Waals surface area contributed by atoms with Gasteiger partial charge < -0.3 is 15.8 Å². The van der Waals surface area contributed by atoms with E-state index in [-0.39, 0.29) is 0 Å². The zero-order valence-electron chi connectivity index (χ0n) is 16.5. The predicted octanol–water partition coefficient (Wildman–Crippen LogP) is 4.22. The molecule has 2 heterocycles. The fourth-order valence-electron chi connectivity index (χ4n) is 3.41. The standard InChI is InChI=1S/C21H18ClN3O4S2/c1-10-17(31-19(24-10)11-5-7-12(22)8-6-11)21(28)29-9-15(26)25-20-16(18(23)27)13-3-2-4-14(13)30-20/h5-8H,2-4,9H2,1H3,(H2,23,27)(H,25,26). The van der Waals surface area contributed by atoms with Crippen LogP contribution in [0, 0.1) is 6.92 Å². The summed E-state index contributed by atoms with van der Waals surface area (Å²) in [5.41, 5.74) is 8.13. The smallest absolute Gasteiger partial charge is 0.350 e. The molecule has 0 fully saturated rings. The van der Waals surface area contributed by atoms with Gasteiger partial charge in [-0.3, -0.25) is 9.59 Å². The number of nitrogens with zero attached hydrogens (tertiary/aromatic N) is 1. The van der Waals surface area contributed by atoms with Crippen molar-refractivity contribution >= 4 is 57.1 Å². The van der Waals surface area contributed by atoms with E-state index in [1.54, 1.807) is 19.1 Å². The topological polar surface area (TPSA) is 111 Å². The van der Waals surface area contributed by atoms with Crippen LogP contribution in [0.1, 0.15) is 42.6 Å². The number of halogens is 1. The van der Waals surface area contributed by atoms with Crippen molar-refractivity contribution < 1.29 is 19.1 Å². The second kappa shape index (κ2) is 8.78. The van der Waals surface area contributed by atoms with Crippen molar-refractivity contribution in [2.75, 3.05) is 11.9 Å². The Kier molecular flexibility index (Phi) is 6.08. The number of fused-ring (bicyclic) bond motifs is 1. The van der Waals surface area contributed by atoms with Crippen LogP contribution in [0.5, 0.6) is 0 Å². The van der Waals surface area contributed by atoms with Crippen LogP contribution >= 0.6 is 34.3 Å². The van der Waals surface area contributed by atoms with Crippen LogP contribution in [0.4, 0.5) is 5.00 Å². The van der Waals surface area contributed by atoms with Crippen molar-refractivity contribution in [1.82, 2.24) is 4.98 Å². The number of carbonyl (C=O) groups excluding carboxylic acids is 3. The Bertz CT molecular complexity index is 1180. The van der Waals surface area contributed by atoms with E-state index in [4.69, 9.17) is 22.1 Å². The lowest BCUT2D eigenvalue weighted by Gasteiger charge is -2.06. The Morgan fingerprint density at radius 3 is 2.65 bits per heavy atom.